The third kappa shape index (κ3) is 4.35. The molecule has 1 aliphatic carbocycles. The van der Waals surface area contributed by atoms with Crippen molar-refractivity contribution >= 4 is 11.6 Å². The van der Waals surface area contributed by atoms with E-state index in [2.05, 4.69) is 46.4 Å². The first-order valence-corrected chi connectivity index (χ1v) is 7.28. The van der Waals surface area contributed by atoms with Gasteiger partial charge in [0, 0.05) is 38.2 Å². The molecule has 1 aromatic rings. The molecule has 0 spiro atoms. The van der Waals surface area contributed by atoms with E-state index in [0.29, 0.717) is 0 Å². The standard InChI is InChI=1S/C14H25N5/c1-4-12-17-13(15-5-2)10-14(18-12)16-8-9-19(3)11-6-7-11/h10-11H,4-9H2,1-3H3,(H2,15,16,17,18). The fourth-order valence-corrected chi connectivity index (χ4v) is 2.08. The van der Waals surface area contributed by atoms with Gasteiger partial charge in [-0.25, -0.2) is 9.97 Å². The lowest BCUT2D eigenvalue weighted by Crippen LogP contribution is -2.27. The van der Waals surface area contributed by atoms with Crippen LogP contribution < -0.4 is 10.6 Å². The van der Waals surface area contributed by atoms with Crippen molar-refractivity contribution in [1.82, 2.24) is 14.9 Å². The molecule has 5 heteroatoms. The Morgan fingerprint density at radius 1 is 1.21 bits per heavy atom. The minimum atomic E-state index is 0.815. The molecule has 0 amide bonds. The van der Waals surface area contributed by atoms with Crippen molar-refractivity contribution in [3.8, 4) is 0 Å². The van der Waals surface area contributed by atoms with E-state index in [-0.39, 0.29) is 0 Å². The Bertz CT molecular complexity index is 403. The van der Waals surface area contributed by atoms with Gasteiger partial charge in [0.15, 0.2) is 0 Å². The molecule has 0 saturated heterocycles. The number of nitrogens with zero attached hydrogens (tertiary/aromatic N) is 3. The second-order valence-electron chi connectivity index (χ2n) is 5.08. The molecule has 5 nitrogen and oxygen atoms in total. The molecule has 0 bridgehead atoms. The van der Waals surface area contributed by atoms with Gasteiger partial charge in [-0.1, -0.05) is 6.92 Å². The lowest BCUT2D eigenvalue weighted by atomic mass is 10.4. The number of anilines is 2. The van der Waals surface area contributed by atoms with Crippen LogP contribution in [0.15, 0.2) is 6.07 Å². The molecular weight excluding hydrogens is 238 g/mol. The van der Waals surface area contributed by atoms with E-state index in [9.17, 15) is 0 Å². The molecule has 1 fully saturated rings. The highest BCUT2D eigenvalue weighted by atomic mass is 15.2. The molecule has 19 heavy (non-hydrogen) atoms. The Labute approximate surface area is 115 Å². The summed E-state index contributed by atoms with van der Waals surface area (Å²) in [6.45, 7) is 7.02. The van der Waals surface area contributed by atoms with Crippen LogP contribution in [0, 0.1) is 0 Å². The number of rotatable bonds is 8. The Morgan fingerprint density at radius 2 is 1.89 bits per heavy atom. The monoisotopic (exact) mass is 263 g/mol. The van der Waals surface area contributed by atoms with Gasteiger partial charge in [-0.2, -0.15) is 0 Å². The Kier molecular flexibility index (Phi) is 4.96. The maximum absolute atomic E-state index is 4.51. The summed E-state index contributed by atoms with van der Waals surface area (Å²) in [6.07, 6.45) is 3.57. The predicted molar refractivity (Wildman–Crippen MR) is 79.7 cm³/mol. The van der Waals surface area contributed by atoms with Crippen LogP contribution in [0.4, 0.5) is 11.6 Å². The number of likely N-dealkylation sites (N-methyl/N-ethyl adjacent to an activating group) is 1. The van der Waals surface area contributed by atoms with Crippen molar-refractivity contribution in [2.24, 2.45) is 0 Å². The van der Waals surface area contributed by atoms with E-state index in [1.54, 1.807) is 0 Å². The van der Waals surface area contributed by atoms with Gasteiger partial charge < -0.3 is 15.5 Å². The van der Waals surface area contributed by atoms with Crippen molar-refractivity contribution in [1.29, 1.82) is 0 Å². The molecule has 1 aliphatic rings. The fraction of sp³-hybridized carbons (Fsp3) is 0.714. The normalized spacial score (nSPS) is 14.7. The highest BCUT2D eigenvalue weighted by Crippen LogP contribution is 2.24. The minimum absolute atomic E-state index is 0.815. The van der Waals surface area contributed by atoms with Crippen LogP contribution in [0.2, 0.25) is 0 Å². The van der Waals surface area contributed by atoms with Crippen molar-refractivity contribution in [3.05, 3.63) is 11.9 Å². The van der Waals surface area contributed by atoms with Crippen LogP contribution in [0.25, 0.3) is 0 Å². The summed E-state index contributed by atoms with van der Waals surface area (Å²) in [5, 5.41) is 6.65. The number of aromatic nitrogens is 2. The third-order valence-corrected chi connectivity index (χ3v) is 3.39. The highest BCUT2D eigenvalue weighted by Gasteiger charge is 2.25. The third-order valence-electron chi connectivity index (χ3n) is 3.39. The van der Waals surface area contributed by atoms with E-state index >= 15 is 0 Å². The van der Waals surface area contributed by atoms with Gasteiger partial charge in [0.05, 0.1) is 0 Å². The van der Waals surface area contributed by atoms with Gasteiger partial charge in [0.2, 0.25) is 0 Å². The molecule has 1 aromatic heterocycles. The largest absolute Gasteiger partial charge is 0.370 e. The molecule has 1 saturated carbocycles. The van der Waals surface area contributed by atoms with Crippen molar-refractivity contribution in [2.45, 2.75) is 39.2 Å². The summed E-state index contributed by atoms with van der Waals surface area (Å²) in [4.78, 5) is 11.4. The summed E-state index contributed by atoms with van der Waals surface area (Å²) in [7, 11) is 2.20. The summed E-state index contributed by atoms with van der Waals surface area (Å²) < 4.78 is 0. The van der Waals surface area contributed by atoms with E-state index in [1.807, 2.05) is 6.07 Å². The molecule has 0 unspecified atom stereocenters. The van der Waals surface area contributed by atoms with Crippen LogP contribution >= 0.6 is 0 Å². The van der Waals surface area contributed by atoms with Crippen LogP contribution in [0.1, 0.15) is 32.5 Å². The summed E-state index contributed by atoms with van der Waals surface area (Å²) in [5.41, 5.74) is 0. The number of hydrogen-bond acceptors (Lipinski definition) is 5. The van der Waals surface area contributed by atoms with Crippen LogP contribution in [-0.2, 0) is 6.42 Å². The second-order valence-corrected chi connectivity index (χ2v) is 5.08. The smallest absolute Gasteiger partial charge is 0.132 e. The van der Waals surface area contributed by atoms with Gasteiger partial charge in [-0.05, 0) is 26.8 Å². The molecule has 2 N–H and O–H groups in total. The van der Waals surface area contributed by atoms with E-state index in [4.69, 9.17) is 0 Å². The second kappa shape index (κ2) is 6.70. The number of nitrogens with one attached hydrogen (secondary N) is 2. The SMILES string of the molecule is CCNc1cc(NCCN(C)C2CC2)nc(CC)n1. The molecule has 0 radical (unpaired) electrons. The molecule has 0 aromatic carbocycles. The van der Waals surface area contributed by atoms with Gasteiger partial charge in [-0.3, -0.25) is 0 Å². The quantitative estimate of drug-likeness (QED) is 0.751. The molecule has 106 valence electrons. The molecule has 0 aliphatic heterocycles. The van der Waals surface area contributed by atoms with Gasteiger partial charge >= 0.3 is 0 Å². The van der Waals surface area contributed by atoms with Gasteiger partial charge in [0.1, 0.15) is 17.5 Å². The lowest BCUT2D eigenvalue weighted by Gasteiger charge is -2.16. The van der Waals surface area contributed by atoms with Gasteiger partial charge in [0.25, 0.3) is 0 Å². The van der Waals surface area contributed by atoms with Crippen LogP contribution in [-0.4, -0.2) is 47.6 Å². The van der Waals surface area contributed by atoms with Crippen molar-refractivity contribution in [3.63, 3.8) is 0 Å². The lowest BCUT2D eigenvalue weighted by molar-refractivity contribution is 0.337. The van der Waals surface area contributed by atoms with Crippen LogP contribution in [0.3, 0.4) is 0 Å². The van der Waals surface area contributed by atoms with Crippen LogP contribution in [0.5, 0.6) is 0 Å². The van der Waals surface area contributed by atoms with Gasteiger partial charge in [-0.15, -0.1) is 0 Å². The summed E-state index contributed by atoms with van der Waals surface area (Å²) >= 11 is 0. The number of hydrogen-bond donors (Lipinski definition) is 2. The average molecular weight is 263 g/mol. The van der Waals surface area contributed by atoms with E-state index in [0.717, 1.165) is 49.6 Å². The topological polar surface area (TPSA) is 53.1 Å². The molecule has 1 heterocycles. The first-order chi connectivity index (χ1) is 9.22. The maximum Gasteiger partial charge on any atom is 0.132 e. The zero-order valence-electron chi connectivity index (χ0n) is 12.2. The predicted octanol–water partition coefficient (Wildman–Crippen LogP) is 1.98. The highest BCUT2D eigenvalue weighted by molar-refractivity contribution is 5.47. The zero-order chi connectivity index (χ0) is 13.7. The molecule has 2 rings (SSSR count). The molecular formula is C14H25N5. The first kappa shape index (κ1) is 14.1. The Morgan fingerprint density at radius 3 is 2.47 bits per heavy atom. The van der Waals surface area contributed by atoms with Crippen molar-refractivity contribution < 1.29 is 0 Å². The summed E-state index contributed by atoms with van der Waals surface area (Å²) in [6, 6.07) is 2.80. The van der Waals surface area contributed by atoms with Crippen molar-refractivity contribution in [2.75, 3.05) is 37.3 Å². The number of aryl methyl sites for hydroxylation is 1. The fourth-order valence-electron chi connectivity index (χ4n) is 2.08. The first-order valence-electron chi connectivity index (χ1n) is 7.28. The molecule has 0 atom stereocenters. The Balaban J connectivity index is 1.88. The maximum atomic E-state index is 4.51. The zero-order valence-corrected chi connectivity index (χ0v) is 12.2. The van der Waals surface area contributed by atoms with E-state index < -0.39 is 0 Å². The van der Waals surface area contributed by atoms with E-state index in [1.165, 1.54) is 12.8 Å². The summed E-state index contributed by atoms with van der Waals surface area (Å²) in [5.74, 6) is 2.72. The average Bonchev–Trinajstić information content (AvgIpc) is 3.23. The Hall–Kier alpha value is -1.36. The minimum Gasteiger partial charge on any atom is -0.370 e.